The maximum absolute atomic E-state index is 7.06. The zero-order valence-electron chi connectivity index (χ0n) is 13.2. The summed E-state index contributed by atoms with van der Waals surface area (Å²) in [5.41, 5.74) is 3.25. The molecule has 0 heterocycles. The molecule has 21 heavy (non-hydrogen) atoms. The third kappa shape index (κ3) is 2.44. The number of alkyl halides is 1. The third-order valence-corrected chi connectivity index (χ3v) is 7.15. The Morgan fingerprint density at radius 1 is 1.00 bits per heavy atom. The first-order valence-corrected chi connectivity index (χ1v) is 9.35. The van der Waals surface area contributed by atoms with E-state index >= 15 is 0 Å². The van der Waals surface area contributed by atoms with Crippen molar-refractivity contribution in [2.75, 3.05) is 0 Å². The van der Waals surface area contributed by atoms with Crippen LogP contribution in [0.25, 0.3) is 0 Å². The lowest BCUT2D eigenvalue weighted by atomic mass is 9.48. The van der Waals surface area contributed by atoms with Crippen LogP contribution in [0.4, 0.5) is 0 Å². The number of hydrogen-bond donors (Lipinski definition) is 0. The first-order chi connectivity index (χ1) is 10.2. The third-order valence-electron chi connectivity index (χ3n) is 6.43. The van der Waals surface area contributed by atoms with Crippen LogP contribution in [-0.4, -0.2) is 0 Å². The summed E-state index contributed by atoms with van der Waals surface area (Å²) in [4.78, 5) is 0. The molecule has 1 unspecified atom stereocenters. The van der Waals surface area contributed by atoms with Gasteiger partial charge in [0.05, 0.1) is 5.38 Å². The molecule has 1 heteroatoms. The van der Waals surface area contributed by atoms with Crippen LogP contribution in [0, 0.1) is 23.2 Å². The Hall–Kier alpha value is -0.490. The molecule has 0 saturated heterocycles. The molecule has 0 aromatic heterocycles. The molecule has 1 aromatic rings. The highest BCUT2D eigenvalue weighted by molar-refractivity contribution is 6.21. The molecule has 4 fully saturated rings. The van der Waals surface area contributed by atoms with Crippen LogP contribution < -0.4 is 0 Å². The van der Waals surface area contributed by atoms with Crippen LogP contribution in [-0.2, 0) is 6.42 Å². The van der Waals surface area contributed by atoms with Crippen molar-refractivity contribution in [3.8, 4) is 0 Å². The van der Waals surface area contributed by atoms with E-state index < -0.39 is 0 Å². The molecular weight excluding hydrogens is 276 g/mol. The second-order valence-electron chi connectivity index (χ2n) is 8.13. The summed E-state index contributed by atoms with van der Waals surface area (Å²) >= 11 is 7.06. The molecule has 5 rings (SSSR count). The molecule has 1 aromatic carbocycles. The lowest BCUT2D eigenvalue weighted by Crippen LogP contribution is -2.47. The van der Waals surface area contributed by atoms with E-state index in [1.165, 1.54) is 62.5 Å². The van der Waals surface area contributed by atoms with E-state index in [2.05, 4.69) is 31.2 Å². The van der Waals surface area contributed by atoms with Gasteiger partial charge in [-0.15, -0.1) is 11.6 Å². The summed E-state index contributed by atoms with van der Waals surface area (Å²) in [6.07, 6.45) is 11.1. The molecule has 4 saturated carbocycles. The monoisotopic (exact) mass is 302 g/mol. The van der Waals surface area contributed by atoms with Crippen molar-refractivity contribution < 1.29 is 0 Å². The zero-order valence-corrected chi connectivity index (χ0v) is 13.9. The van der Waals surface area contributed by atoms with Gasteiger partial charge >= 0.3 is 0 Å². The Morgan fingerprint density at radius 3 is 2.00 bits per heavy atom. The Bertz CT molecular complexity index is 466. The van der Waals surface area contributed by atoms with Gasteiger partial charge in [0.1, 0.15) is 0 Å². The highest BCUT2D eigenvalue weighted by Crippen LogP contribution is 2.65. The Kier molecular flexibility index (Phi) is 3.57. The highest BCUT2D eigenvalue weighted by atomic mass is 35.5. The average molecular weight is 303 g/mol. The van der Waals surface area contributed by atoms with Gasteiger partial charge in [-0.1, -0.05) is 37.6 Å². The van der Waals surface area contributed by atoms with Gasteiger partial charge in [0, 0.05) is 0 Å². The Balaban J connectivity index is 1.57. The maximum Gasteiger partial charge on any atom is 0.0641 e. The number of benzene rings is 1. The van der Waals surface area contributed by atoms with Gasteiger partial charge in [0.2, 0.25) is 0 Å². The molecule has 0 radical (unpaired) electrons. The van der Waals surface area contributed by atoms with E-state index in [-0.39, 0.29) is 5.38 Å². The van der Waals surface area contributed by atoms with Gasteiger partial charge < -0.3 is 0 Å². The van der Waals surface area contributed by atoms with Crippen LogP contribution in [0.1, 0.15) is 68.4 Å². The Labute approximate surface area is 134 Å². The fourth-order valence-electron chi connectivity index (χ4n) is 5.98. The molecule has 0 spiro atoms. The number of aryl methyl sites for hydroxylation is 1. The van der Waals surface area contributed by atoms with E-state index in [1.807, 2.05) is 0 Å². The molecule has 4 aliphatic carbocycles. The molecule has 4 bridgehead atoms. The van der Waals surface area contributed by atoms with Crippen molar-refractivity contribution in [1.82, 2.24) is 0 Å². The van der Waals surface area contributed by atoms with Crippen molar-refractivity contribution in [1.29, 1.82) is 0 Å². The first kappa shape index (κ1) is 14.1. The molecule has 1 atom stereocenters. The van der Waals surface area contributed by atoms with E-state index in [9.17, 15) is 0 Å². The molecule has 0 nitrogen and oxygen atoms in total. The van der Waals surface area contributed by atoms with Crippen LogP contribution in [0.3, 0.4) is 0 Å². The molecule has 0 aliphatic heterocycles. The van der Waals surface area contributed by atoms with Crippen LogP contribution >= 0.6 is 11.6 Å². The standard InChI is InChI=1S/C20H27Cl/c1-2-3-14-4-6-18(7-5-14)19(21)20-11-15-8-16(12-20)10-17(9-15)13-20/h4-7,15-17,19H,2-3,8-13H2,1H3. The van der Waals surface area contributed by atoms with Gasteiger partial charge in [0.15, 0.2) is 0 Å². The van der Waals surface area contributed by atoms with E-state index in [0.717, 1.165) is 17.8 Å². The summed E-state index contributed by atoms with van der Waals surface area (Å²) in [6.45, 7) is 2.24. The van der Waals surface area contributed by atoms with Crippen LogP contribution in [0.2, 0.25) is 0 Å². The fourth-order valence-corrected chi connectivity index (χ4v) is 6.40. The lowest BCUT2D eigenvalue weighted by Gasteiger charge is -2.58. The SMILES string of the molecule is CCCc1ccc(C(Cl)C23CC4CC(CC(C4)C2)C3)cc1. The topological polar surface area (TPSA) is 0 Å². The molecule has 0 amide bonds. The largest absolute Gasteiger partial charge is 0.117 e. The minimum absolute atomic E-state index is 0.238. The summed E-state index contributed by atoms with van der Waals surface area (Å²) < 4.78 is 0. The summed E-state index contributed by atoms with van der Waals surface area (Å²) in [5.74, 6) is 2.95. The minimum atomic E-state index is 0.238. The highest BCUT2D eigenvalue weighted by Gasteiger charge is 2.54. The van der Waals surface area contributed by atoms with Crippen molar-refractivity contribution in [3.63, 3.8) is 0 Å². The smallest absolute Gasteiger partial charge is 0.0641 e. The van der Waals surface area contributed by atoms with Gasteiger partial charge in [-0.05, 0) is 79.2 Å². The molecule has 0 N–H and O–H groups in total. The zero-order chi connectivity index (χ0) is 14.4. The molecule has 4 aliphatic rings. The molecule has 114 valence electrons. The summed E-state index contributed by atoms with van der Waals surface area (Å²) in [7, 11) is 0. The second kappa shape index (κ2) is 5.30. The number of halogens is 1. The van der Waals surface area contributed by atoms with Crippen LogP contribution in [0.5, 0.6) is 0 Å². The van der Waals surface area contributed by atoms with E-state index in [0.29, 0.717) is 5.41 Å². The predicted octanol–water partition coefficient (Wildman–Crippen LogP) is 6.14. The first-order valence-electron chi connectivity index (χ1n) is 8.91. The minimum Gasteiger partial charge on any atom is -0.117 e. The predicted molar refractivity (Wildman–Crippen MR) is 89.6 cm³/mol. The quantitative estimate of drug-likeness (QED) is 0.586. The lowest BCUT2D eigenvalue weighted by molar-refractivity contribution is -0.0552. The van der Waals surface area contributed by atoms with Gasteiger partial charge in [-0.3, -0.25) is 0 Å². The average Bonchev–Trinajstić information content (AvgIpc) is 2.46. The van der Waals surface area contributed by atoms with Crippen molar-refractivity contribution in [2.45, 2.75) is 63.7 Å². The van der Waals surface area contributed by atoms with E-state index in [4.69, 9.17) is 11.6 Å². The number of hydrogen-bond acceptors (Lipinski definition) is 0. The summed E-state index contributed by atoms with van der Waals surface area (Å²) in [5, 5.41) is 0.238. The van der Waals surface area contributed by atoms with Crippen LogP contribution in [0.15, 0.2) is 24.3 Å². The number of rotatable bonds is 4. The molecular formula is C20H27Cl. The fraction of sp³-hybridized carbons (Fsp3) is 0.700. The van der Waals surface area contributed by atoms with Gasteiger partial charge in [-0.2, -0.15) is 0 Å². The van der Waals surface area contributed by atoms with Crippen molar-refractivity contribution in [3.05, 3.63) is 35.4 Å². The maximum atomic E-state index is 7.06. The second-order valence-corrected chi connectivity index (χ2v) is 8.57. The normalized spacial score (nSPS) is 38.7. The summed E-state index contributed by atoms with van der Waals surface area (Å²) in [6, 6.07) is 9.21. The van der Waals surface area contributed by atoms with Crippen molar-refractivity contribution in [2.24, 2.45) is 23.2 Å². The Morgan fingerprint density at radius 2 is 1.52 bits per heavy atom. The van der Waals surface area contributed by atoms with Gasteiger partial charge in [0.25, 0.3) is 0 Å². The van der Waals surface area contributed by atoms with E-state index in [1.54, 1.807) is 0 Å². The van der Waals surface area contributed by atoms with Gasteiger partial charge in [-0.25, -0.2) is 0 Å². The van der Waals surface area contributed by atoms with Crippen molar-refractivity contribution >= 4 is 11.6 Å².